The van der Waals surface area contributed by atoms with Crippen molar-refractivity contribution in [1.29, 1.82) is 0 Å². The summed E-state index contributed by atoms with van der Waals surface area (Å²) in [6.07, 6.45) is 3.99. The van der Waals surface area contributed by atoms with E-state index in [1.54, 1.807) is 24.5 Å². The Morgan fingerprint density at radius 2 is 1.88 bits per heavy atom. The number of carbonyl (C=O) groups excluding carboxylic acids is 1. The van der Waals surface area contributed by atoms with Gasteiger partial charge in [-0.25, -0.2) is 0 Å². The third kappa shape index (κ3) is 2.20. The Morgan fingerprint density at radius 1 is 1.12 bits per heavy atom. The highest BCUT2D eigenvalue weighted by Crippen LogP contribution is 2.32. The molecule has 1 unspecified atom stereocenters. The maximum atomic E-state index is 12.7. The van der Waals surface area contributed by atoms with Gasteiger partial charge < -0.3 is 5.21 Å². The minimum atomic E-state index is -0.369. The Morgan fingerprint density at radius 3 is 2.62 bits per heavy atom. The summed E-state index contributed by atoms with van der Waals surface area (Å²) in [4.78, 5) is 29.3. The van der Waals surface area contributed by atoms with Crippen molar-refractivity contribution >= 4 is 28.3 Å². The molecule has 0 bridgehead atoms. The number of benzene rings is 1. The van der Waals surface area contributed by atoms with Crippen molar-refractivity contribution in [3.8, 4) is 0 Å². The second-order valence-electron chi connectivity index (χ2n) is 5.93. The van der Waals surface area contributed by atoms with Crippen LogP contribution in [0.5, 0.6) is 0 Å². The molecule has 120 valence electrons. The minimum absolute atomic E-state index is 0.0672. The van der Waals surface area contributed by atoms with Gasteiger partial charge in [0.05, 0.1) is 22.2 Å². The fourth-order valence-corrected chi connectivity index (χ4v) is 3.54. The van der Waals surface area contributed by atoms with Crippen LogP contribution < -0.4 is 5.43 Å². The molecule has 1 aliphatic rings. The number of rotatable bonds is 1. The number of halogens is 1. The number of Topliss-reactive ketones (excluding diaryl/α,β-unsaturated/α-hetero) is 1. The number of aromatic nitrogens is 2. The Kier molecular flexibility index (Phi) is 3.39. The summed E-state index contributed by atoms with van der Waals surface area (Å²) in [6.45, 7) is 0. The maximum Gasteiger partial charge on any atom is 0.200 e. The van der Waals surface area contributed by atoms with Crippen LogP contribution in [0.15, 0.2) is 47.5 Å². The first-order valence-corrected chi connectivity index (χ1v) is 7.93. The molecule has 1 aliphatic carbocycles. The van der Waals surface area contributed by atoms with E-state index in [0.717, 1.165) is 10.3 Å². The molecule has 3 aromatic rings. The van der Waals surface area contributed by atoms with E-state index in [4.69, 9.17) is 11.6 Å². The number of ketones is 1. The van der Waals surface area contributed by atoms with Gasteiger partial charge in [-0.1, -0.05) is 11.6 Å². The summed E-state index contributed by atoms with van der Waals surface area (Å²) < 4.78 is 0.952. The summed E-state index contributed by atoms with van der Waals surface area (Å²) in [5.74, 6) is -0.344. The molecular weight excluding hydrogens is 328 g/mol. The van der Waals surface area contributed by atoms with Crippen LogP contribution in [0.4, 0.5) is 0 Å². The minimum Gasteiger partial charge on any atom is -0.428 e. The fourth-order valence-electron chi connectivity index (χ4n) is 3.37. The zero-order valence-corrected chi connectivity index (χ0v) is 13.3. The Balaban J connectivity index is 1.94. The quantitative estimate of drug-likeness (QED) is 0.690. The summed E-state index contributed by atoms with van der Waals surface area (Å²) in [5, 5.41) is 11.2. The first-order chi connectivity index (χ1) is 11.6. The molecule has 2 aromatic heterocycles. The lowest BCUT2D eigenvalue weighted by atomic mass is 9.81. The van der Waals surface area contributed by atoms with Gasteiger partial charge in [-0.2, -0.15) is 4.73 Å². The van der Waals surface area contributed by atoms with Crippen molar-refractivity contribution in [2.45, 2.75) is 18.8 Å². The highest BCUT2D eigenvalue weighted by atomic mass is 35.5. The standard InChI is InChI=1S/C18H13ClN2O3/c19-12-1-2-14-13(9-12)18(23)17-15(21(14)24)7-11(8-16(17)22)10-3-5-20-6-4-10/h1-6,9,11,24H,7-8H2. The third-order valence-electron chi connectivity index (χ3n) is 4.53. The van der Waals surface area contributed by atoms with Gasteiger partial charge in [0.2, 0.25) is 5.43 Å². The maximum absolute atomic E-state index is 12.7. The summed E-state index contributed by atoms with van der Waals surface area (Å²) in [7, 11) is 0. The van der Waals surface area contributed by atoms with E-state index in [-0.39, 0.29) is 34.5 Å². The number of hydrogen-bond donors (Lipinski definition) is 1. The van der Waals surface area contributed by atoms with Crippen LogP contribution in [-0.2, 0) is 6.42 Å². The van der Waals surface area contributed by atoms with E-state index in [2.05, 4.69) is 4.98 Å². The first-order valence-electron chi connectivity index (χ1n) is 7.56. The van der Waals surface area contributed by atoms with Crippen molar-refractivity contribution in [1.82, 2.24) is 9.71 Å². The molecule has 0 radical (unpaired) electrons. The summed E-state index contributed by atoms with van der Waals surface area (Å²) in [5.41, 5.74) is 1.37. The van der Waals surface area contributed by atoms with E-state index < -0.39 is 0 Å². The summed E-state index contributed by atoms with van der Waals surface area (Å²) in [6, 6.07) is 8.37. The predicted octanol–water partition coefficient (Wildman–Crippen LogP) is 3.20. The number of carbonyl (C=O) groups is 1. The average molecular weight is 341 g/mol. The smallest absolute Gasteiger partial charge is 0.200 e. The van der Waals surface area contributed by atoms with Gasteiger partial charge in [-0.3, -0.25) is 14.6 Å². The highest BCUT2D eigenvalue weighted by Gasteiger charge is 2.32. The molecule has 0 amide bonds. The lowest BCUT2D eigenvalue weighted by Crippen LogP contribution is -2.30. The molecule has 4 rings (SSSR count). The van der Waals surface area contributed by atoms with E-state index in [1.165, 1.54) is 6.07 Å². The molecule has 6 heteroatoms. The molecule has 0 aliphatic heterocycles. The van der Waals surface area contributed by atoms with Crippen LogP contribution in [0, 0.1) is 0 Å². The van der Waals surface area contributed by atoms with Crippen LogP contribution >= 0.6 is 11.6 Å². The van der Waals surface area contributed by atoms with E-state index >= 15 is 0 Å². The average Bonchev–Trinajstić information content (AvgIpc) is 2.59. The van der Waals surface area contributed by atoms with E-state index in [1.807, 2.05) is 12.1 Å². The van der Waals surface area contributed by atoms with Crippen molar-refractivity contribution in [2.24, 2.45) is 0 Å². The molecular formula is C18H13ClN2O3. The molecule has 1 N–H and O–H groups in total. The molecule has 0 saturated carbocycles. The molecule has 5 nitrogen and oxygen atoms in total. The van der Waals surface area contributed by atoms with Gasteiger partial charge in [0.1, 0.15) is 0 Å². The lowest BCUT2D eigenvalue weighted by Gasteiger charge is -2.25. The zero-order valence-electron chi connectivity index (χ0n) is 12.6. The lowest BCUT2D eigenvalue weighted by molar-refractivity contribution is 0.0949. The van der Waals surface area contributed by atoms with Gasteiger partial charge in [0, 0.05) is 23.8 Å². The Labute approximate surface area is 142 Å². The van der Waals surface area contributed by atoms with Gasteiger partial charge in [0.25, 0.3) is 0 Å². The number of hydrogen-bond acceptors (Lipinski definition) is 4. The van der Waals surface area contributed by atoms with Crippen LogP contribution in [-0.4, -0.2) is 20.7 Å². The van der Waals surface area contributed by atoms with Crippen LogP contribution in [0.2, 0.25) is 5.02 Å². The second kappa shape index (κ2) is 5.46. The van der Waals surface area contributed by atoms with Crippen LogP contribution in [0.1, 0.15) is 34.0 Å². The largest absolute Gasteiger partial charge is 0.428 e. The molecule has 24 heavy (non-hydrogen) atoms. The Hall–Kier alpha value is -2.66. The van der Waals surface area contributed by atoms with Gasteiger partial charge in [-0.05, 0) is 48.2 Å². The van der Waals surface area contributed by atoms with E-state index in [9.17, 15) is 14.8 Å². The zero-order chi connectivity index (χ0) is 16.8. The number of fused-ring (bicyclic) bond motifs is 2. The topological polar surface area (TPSA) is 72.2 Å². The van der Waals surface area contributed by atoms with Gasteiger partial charge in [0.15, 0.2) is 5.78 Å². The fraction of sp³-hybridized carbons (Fsp3) is 0.167. The molecule has 0 fully saturated rings. The molecule has 0 spiro atoms. The highest BCUT2D eigenvalue weighted by molar-refractivity contribution is 6.31. The van der Waals surface area contributed by atoms with Crippen LogP contribution in [0.25, 0.3) is 10.9 Å². The molecule has 1 atom stereocenters. The van der Waals surface area contributed by atoms with Crippen LogP contribution in [0.3, 0.4) is 0 Å². The van der Waals surface area contributed by atoms with Crippen molar-refractivity contribution in [3.05, 3.63) is 74.8 Å². The SMILES string of the molecule is O=C1CC(c2ccncc2)Cc2c1c(=O)c1cc(Cl)ccc1n2O. The van der Waals surface area contributed by atoms with Crippen molar-refractivity contribution in [2.75, 3.05) is 0 Å². The Bertz CT molecular complexity index is 1030. The predicted molar refractivity (Wildman–Crippen MR) is 90.0 cm³/mol. The van der Waals surface area contributed by atoms with Gasteiger partial charge in [-0.15, -0.1) is 0 Å². The third-order valence-corrected chi connectivity index (χ3v) is 4.77. The van der Waals surface area contributed by atoms with Gasteiger partial charge >= 0.3 is 0 Å². The van der Waals surface area contributed by atoms with Crippen molar-refractivity contribution in [3.63, 3.8) is 0 Å². The normalized spacial score (nSPS) is 17.0. The number of nitrogens with zero attached hydrogens (tertiary/aromatic N) is 2. The molecule has 2 heterocycles. The molecule has 1 aromatic carbocycles. The monoisotopic (exact) mass is 340 g/mol. The number of pyridine rings is 2. The first kappa shape index (κ1) is 14.9. The molecule has 0 saturated heterocycles. The van der Waals surface area contributed by atoms with Crippen molar-refractivity contribution < 1.29 is 10.0 Å². The second-order valence-corrected chi connectivity index (χ2v) is 6.37. The van der Waals surface area contributed by atoms with E-state index in [0.29, 0.717) is 22.7 Å². The summed E-state index contributed by atoms with van der Waals surface area (Å²) >= 11 is 5.95.